The first-order valence-corrected chi connectivity index (χ1v) is 7.98. The SMILES string of the molecule is Cc1cc(OCCNCc2ccc(Cl)s2)ccc1Br. The smallest absolute Gasteiger partial charge is 0.119 e. The van der Waals surface area contributed by atoms with Crippen molar-refractivity contribution < 1.29 is 4.74 Å². The van der Waals surface area contributed by atoms with Crippen LogP contribution in [0.2, 0.25) is 4.34 Å². The van der Waals surface area contributed by atoms with Gasteiger partial charge in [0.15, 0.2) is 0 Å². The van der Waals surface area contributed by atoms with Gasteiger partial charge in [0.1, 0.15) is 12.4 Å². The van der Waals surface area contributed by atoms with Crippen molar-refractivity contribution in [1.82, 2.24) is 5.32 Å². The lowest BCUT2D eigenvalue weighted by Crippen LogP contribution is -2.20. The largest absolute Gasteiger partial charge is 0.492 e. The molecule has 0 aliphatic rings. The van der Waals surface area contributed by atoms with E-state index in [4.69, 9.17) is 16.3 Å². The number of aryl methyl sites for hydroxylation is 1. The van der Waals surface area contributed by atoms with Crippen molar-refractivity contribution in [2.45, 2.75) is 13.5 Å². The lowest BCUT2D eigenvalue weighted by Gasteiger charge is -2.08. The number of benzene rings is 1. The summed E-state index contributed by atoms with van der Waals surface area (Å²) in [5, 5.41) is 3.33. The van der Waals surface area contributed by atoms with Crippen molar-refractivity contribution in [3.8, 4) is 5.75 Å². The average Bonchev–Trinajstić information content (AvgIpc) is 2.79. The molecule has 0 unspecified atom stereocenters. The van der Waals surface area contributed by atoms with Crippen LogP contribution in [0.5, 0.6) is 5.75 Å². The Hall–Kier alpha value is -0.550. The van der Waals surface area contributed by atoms with E-state index in [0.717, 1.165) is 27.6 Å². The fraction of sp³-hybridized carbons (Fsp3) is 0.286. The third kappa shape index (κ3) is 4.80. The zero-order valence-corrected chi connectivity index (χ0v) is 13.7. The number of halogens is 2. The van der Waals surface area contributed by atoms with E-state index in [1.807, 2.05) is 30.3 Å². The predicted octanol–water partition coefficient (Wildman–Crippen LogP) is 4.64. The summed E-state index contributed by atoms with van der Waals surface area (Å²) < 4.78 is 7.62. The summed E-state index contributed by atoms with van der Waals surface area (Å²) in [7, 11) is 0. The highest BCUT2D eigenvalue weighted by Gasteiger charge is 1.99. The highest BCUT2D eigenvalue weighted by molar-refractivity contribution is 9.10. The maximum atomic E-state index is 5.87. The average molecular weight is 361 g/mol. The second kappa shape index (κ2) is 7.29. The topological polar surface area (TPSA) is 21.3 Å². The van der Waals surface area contributed by atoms with Crippen molar-refractivity contribution in [2.75, 3.05) is 13.2 Å². The van der Waals surface area contributed by atoms with Crippen LogP contribution < -0.4 is 10.1 Å². The molecule has 0 aliphatic heterocycles. The maximum Gasteiger partial charge on any atom is 0.119 e. The summed E-state index contributed by atoms with van der Waals surface area (Å²) in [6, 6.07) is 9.97. The van der Waals surface area contributed by atoms with E-state index in [-0.39, 0.29) is 0 Å². The van der Waals surface area contributed by atoms with Crippen molar-refractivity contribution in [2.24, 2.45) is 0 Å². The van der Waals surface area contributed by atoms with Gasteiger partial charge in [-0.05, 0) is 42.8 Å². The van der Waals surface area contributed by atoms with Crippen LogP contribution in [-0.2, 0) is 6.54 Å². The summed E-state index contributed by atoms with van der Waals surface area (Å²) >= 11 is 10.9. The van der Waals surface area contributed by atoms with Gasteiger partial charge in [-0.3, -0.25) is 0 Å². The summed E-state index contributed by atoms with van der Waals surface area (Å²) in [5.41, 5.74) is 1.18. The van der Waals surface area contributed by atoms with Crippen LogP contribution in [0, 0.1) is 6.92 Å². The van der Waals surface area contributed by atoms with Gasteiger partial charge < -0.3 is 10.1 Å². The van der Waals surface area contributed by atoms with Gasteiger partial charge in [-0.25, -0.2) is 0 Å². The molecule has 1 N–H and O–H groups in total. The second-order valence-electron chi connectivity index (χ2n) is 4.14. The van der Waals surface area contributed by atoms with Crippen molar-refractivity contribution in [3.05, 3.63) is 49.6 Å². The normalized spacial score (nSPS) is 10.7. The Labute approximate surface area is 130 Å². The highest BCUT2D eigenvalue weighted by atomic mass is 79.9. The molecule has 0 atom stereocenters. The number of hydrogen-bond acceptors (Lipinski definition) is 3. The molecule has 2 aromatic rings. The lowest BCUT2D eigenvalue weighted by molar-refractivity contribution is 0.313. The van der Waals surface area contributed by atoms with Crippen LogP contribution in [0.1, 0.15) is 10.4 Å². The van der Waals surface area contributed by atoms with E-state index in [9.17, 15) is 0 Å². The number of nitrogens with one attached hydrogen (secondary N) is 1. The molecule has 19 heavy (non-hydrogen) atoms. The van der Waals surface area contributed by atoms with Gasteiger partial charge in [-0.2, -0.15) is 0 Å². The van der Waals surface area contributed by atoms with Crippen molar-refractivity contribution in [1.29, 1.82) is 0 Å². The Morgan fingerprint density at radius 2 is 2.16 bits per heavy atom. The Kier molecular flexibility index (Phi) is 5.70. The molecule has 0 aliphatic carbocycles. The number of thiophene rings is 1. The molecule has 0 amide bonds. The Bertz CT molecular complexity index is 544. The minimum atomic E-state index is 0.653. The zero-order valence-electron chi connectivity index (χ0n) is 10.6. The van der Waals surface area contributed by atoms with Gasteiger partial charge in [0.25, 0.3) is 0 Å². The van der Waals surface area contributed by atoms with E-state index in [1.54, 1.807) is 11.3 Å². The Morgan fingerprint density at radius 1 is 1.32 bits per heavy atom. The molecule has 0 spiro atoms. The number of rotatable bonds is 6. The Balaban J connectivity index is 1.67. The van der Waals surface area contributed by atoms with E-state index < -0.39 is 0 Å². The molecule has 2 nitrogen and oxygen atoms in total. The summed E-state index contributed by atoms with van der Waals surface area (Å²) in [5.74, 6) is 0.904. The van der Waals surface area contributed by atoms with Crippen molar-refractivity contribution >= 4 is 38.9 Å². The van der Waals surface area contributed by atoms with E-state index in [0.29, 0.717) is 6.61 Å². The standard InChI is InChI=1S/C14H15BrClNOS/c1-10-8-11(2-4-13(10)15)18-7-6-17-9-12-3-5-14(16)19-12/h2-5,8,17H,6-7,9H2,1H3. The number of hydrogen-bond donors (Lipinski definition) is 1. The van der Waals surface area contributed by atoms with Gasteiger partial charge in [-0.15, -0.1) is 11.3 Å². The molecule has 0 saturated heterocycles. The molecule has 0 bridgehead atoms. The minimum absolute atomic E-state index is 0.653. The van der Waals surface area contributed by atoms with E-state index >= 15 is 0 Å². The summed E-state index contributed by atoms with van der Waals surface area (Å²) in [4.78, 5) is 1.24. The van der Waals surface area contributed by atoms with Gasteiger partial charge in [-0.1, -0.05) is 27.5 Å². The molecule has 5 heteroatoms. The second-order valence-corrected chi connectivity index (χ2v) is 6.80. The summed E-state index contributed by atoms with van der Waals surface area (Å²) in [6.45, 7) is 4.35. The third-order valence-electron chi connectivity index (χ3n) is 2.61. The predicted molar refractivity (Wildman–Crippen MR) is 85.4 cm³/mol. The third-order valence-corrected chi connectivity index (χ3v) is 4.73. The molecular weight excluding hydrogens is 346 g/mol. The molecule has 102 valence electrons. The van der Waals surface area contributed by atoms with Gasteiger partial charge in [0.05, 0.1) is 4.34 Å². The van der Waals surface area contributed by atoms with Gasteiger partial charge in [0.2, 0.25) is 0 Å². The first-order chi connectivity index (χ1) is 9.15. The van der Waals surface area contributed by atoms with Gasteiger partial charge in [0, 0.05) is 22.4 Å². The Morgan fingerprint density at radius 3 is 2.84 bits per heavy atom. The number of ether oxygens (including phenoxy) is 1. The lowest BCUT2D eigenvalue weighted by atomic mass is 10.2. The first kappa shape index (κ1) is 14.9. The molecule has 0 fully saturated rings. The van der Waals surface area contributed by atoms with E-state index in [2.05, 4.69) is 28.2 Å². The fourth-order valence-corrected chi connectivity index (χ4v) is 2.91. The van der Waals surface area contributed by atoms with Crippen LogP contribution in [0.25, 0.3) is 0 Å². The van der Waals surface area contributed by atoms with Crippen LogP contribution >= 0.6 is 38.9 Å². The van der Waals surface area contributed by atoms with Crippen LogP contribution in [0.15, 0.2) is 34.8 Å². The molecule has 0 saturated carbocycles. The molecule has 1 aromatic carbocycles. The van der Waals surface area contributed by atoms with Gasteiger partial charge >= 0.3 is 0 Å². The summed E-state index contributed by atoms with van der Waals surface area (Å²) in [6.07, 6.45) is 0. The molecule has 2 rings (SSSR count). The monoisotopic (exact) mass is 359 g/mol. The first-order valence-electron chi connectivity index (χ1n) is 5.99. The van der Waals surface area contributed by atoms with Crippen molar-refractivity contribution in [3.63, 3.8) is 0 Å². The zero-order chi connectivity index (χ0) is 13.7. The quantitative estimate of drug-likeness (QED) is 0.758. The highest BCUT2D eigenvalue weighted by Crippen LogP contribution is 2.22. The molecule has 1 heterocycles. The minimum Gasteiger partial charge on any atom is -0.492 e. The fourth-order valence-electron chi connectivity index (χ4n) is 1.61. The van der Waals surface area contributed by atoms with Crippen LogP contribution in [-0.4, -0.2) is 13.2 Å². The molecular formula is C14H15BrClNOS. The van der Waals surface area contributed by atoms with Crippen LogP contribution in [0.3, 0.4) is 0 Å². The maximum absolute atomic E-state index is 5.87. The van der Waals surface area contributed by atoms with Crippen LogP contribution in [0.4, 0.5) is 0 Å². The van der Waals surface area contributed by atoms with E-state index in [1.165, 1.54) is 10.4 Å². The molecule has 0 radical (unpaired) electrons. The molecule has 1 aromatic heterocycles.